The van der Waals surface area contributed by atoms with Crippen LogP contribution in [0.2, 0.25) is 5.02 Å². The lowest BCUT2D eigenvalue weighted by Crippen LogP contribution is -2.41. The van der Waals surface area contributed by atoms with Crippen LogP contribution in [0.4, 0.5) is 5.69 Å². The molecule has 0 atom stereocenters. The summed E-state index contributed by atoms with van der Waals surface area (Å²) in [5.74, 6) is 0.0599. The molecular formula is C27H23ClN4O3. The molecule has 1 saturated heterocycles. The standard InChI is InChI=1S/C27H23ClN4O3/c28-22-9-2-1-8-20(22)26(33)29-19-7-5-6-18(16-19)17-21(27(34)32-12-14-35-15-13-32)25-30-23-10-3-4-11-24(23)31-25/h1-11,16-17H,12-15H2,(H,29,33)(H,30,31)/b21-17+. The molecular weight excluding hydrogens is 464 g/mol. The molecule has 1 aromatic heterocycles. The molecule has 0 radical (unpaired) electrons. The molecule has 176 valence electrons. The number of nitrogens with one attached hydrogen (secondary N) is 2. The van der Waals surface area contributed by atoms with Crippen LogP contribution >= 0.6 is 11.6 Å². The predicted molar refractivity (Wildman–Crippen MR) is 137 cm³/mol. The number of morpholine rings is 1. The summed E-state index contributed by atoms with van der Waals surface area (Å²) < 4.78 is 5.41. The van der Waals surface area contributed by atoms with E-state index < -0.39 is 0 Å². The number of aromatic amines is 1. The van der Waals surface area contributed by atoms with Gasteiger partial charge in [-0.05, 0) is 48.0 Å². The molecule has 2 N–H and O–H groups in total. The first-order chi connectivity index (χ1) is 17.1. The van der Waals surface area contributed by atoms with Crippen molar-refractivity contribution in [3.63, 3.8) is 0 Å². The molecule has 0 saturated carbocycles. The molecule has 2 amide bonds. The molecule has 2 heterocycles. The highest BCUT2D eigenvalue weighted by atomic mass is 35.5. The van der Waals surface area contributed by atoms with Crippen molar-refractivity contribution in [1.82, 2.24) is 14.9 Å². The number of benzene rings is 3. The average molecular weight is 487 g/mol. The van der Waals surface area contributed by atoms with Gasteiger partial charge in [-0.3, -0.25) is 9.59 Å². The lowest BCUT2D eigenvalue weighted by Gasteiger charge is -2.27. The SMILES string of the molecule is O=C(Nc1cccc(/C=C(/C(=O)N2CCOCC2)c2nc3ccccc3[nH]2)c1)c1ccccc1Cl. The Morgan fingerprint density at radius 1 is 1.00 bits per heavy atom. The Morgan fingerprint density at radius 2 is 1.77 bits per heavy atom. The number of H-pyrrole nitrogens is 1. The van der Waals surface area contributed by atoms with E-state index in [1.165, 1.54) is 0 Å². The number of carbonyl (C=O) groups is 2. The molecule has 1 aliphatic rings. The van der Waals surface area contributed by atoms with E-state index in [9.17, 15) is 9.59 Å². The Morgan fingerprint density at radius 3 is 2.57 bits per heavy atom. The molecule has 3 aromatic carbocycles. The zero-order chi connectivity index (χ0) is 24.2. The van der Waals surface area contributed by atoms with E-state index in [-0.39, 0.29) is 11.8 Å². The first-order valence-electron chi connectivity index (χ1n) is 11.3. The maximum atomic E-state index is 13.5. The fourth-order valence-corrected chi connectivity index (χ4v) is 4.19. The van der Waals surface area contributed by atoms with Gasteiger partial charge >= 0.3 is 0 Å². The van der Waals surface area contributed by atoms with Gasteiger partial charge in [0.05, 0.1) is 40.4 Å². The number of anilines is 1. The van der Waals surface area contributed by atoms with Crippen LogP contribution in [0.15, 0.2) is 72.8 Å². The van der Waals surface area contributed by atoms with Crippen molar-refractivity contribution in [2.75, 3.05) is 31.6 Å². The van der Waals surface area contributed by atoms with Gasteiger partial charge in [-0.1, -0.05) is 48.0 Å². The summed E-state index contributed by atoms with van der Waals surface area (Å²) in [6.45, 7) is 2.04. The topological polar surface area (TPSA) is 87.3 Å². The number of ether oxygens (including phenoxy) is 1. The van der Waals surface area contributed by atoms with Gasteiger partial charge in [0, 0.05) is 18.8 Å². The third-order valence-corrected chi connectivity index (χ3v) is 6.08. The Bertz CT molecular complexity index is 1390. The maximum Gasteiger partial charge on any atom is 0.257 e. The van der Waals surface area contributed by atoms with Gasteiger partial charge in [-0.2, -0.15) is 0 Å². The second-order valence-corrected chi connectivity index (χ2v) is 8.53. The first-order valence-corrected chi connectivity index (χ1v) is 11.7. The number of para-hydroxylation sites is 2. The molecule has 7 nitrogen and oxygen atoms in total. The van der Waals surface area contributed by atoms with E-state index in [1.807, 2.05) is 42.5 Å². The van der Waals surface area contributed by atoms with Gasteiger partial charge in [-0.25, -0.2) is 4.98 Å². The second kappa shape index (κ2) is 10.1. The smallest absolute Gasteiger partial charge is 0.257 e. The van der Waals surface area contributed by atoms with Crippen molar-refractivity contribution in [3.05, 3.63) is 94.8 Å². The van der Waals surface area contributed by atoms with Gasteiger partial charge in [0.15, 0.2) is 0 Å². The van der Waals surface area contributed by atoms with Crippen molar-refractivity contribution in [3.8, 4) is 0 Å². The van der Waals surface area contributed by atoms with Gasteiger partial charge < -0.3 is 19.9 Å². The Hall–Kier alpha value is -3.94. The molecule has 1 aliphatic heterocycles. The number of fused-ring (bicyclic) bond motifs is 1. The van der Waals surface area contributed by atoms with Crippen LogP contribution in [0, 0.1) is 0 Å². The van der Waals surface area contributed by atoms with Crippen molar-refractivity contribution in [1.29, 1.82) is 0 Å². The van der Waals surface area contributed by atoms with Crippen LogP contribution in [0.5, 0.6) is 0 Å². The average Bonchev–Trinajstić information content (AvgIpc) is 3.32. The third-order valence-electron chi connectivity index (χ3n) is 5.75. The highest BCUT2D eigenvalue weighted by Gasteiger charge is 2.24. The number of hydrogen-bond donors (Lipinski definition) is 2. The fourth-order valence-electron chi connectivity index (χ4n) is 3.97. The van der Waals surface area contributed by atoms with E-state index >= 15 is 0 Å². The third kappa shape index (κ3) is 5.11. The van der Waals surface area contributed by atoms with Crippen LogP contribution in [0.1, 0.15) is 21.7 Å². The van der Waals surface area contributed by atoms with Crippen molar-refractivity contribution in [2.45, 2.75) is 0 Å². The normalized spacial score (nSPS) is 14.2. The number of imidazole rings is 1. The van der Waals surface area contributed by atoms with E-state index in [0.29, 0.717) is 54.0 Å². The summed E-state index contributed by atoms with van der Waals surface area (Å²) in [7, 11) is 0. The number of carbonyl (C=O) groups excluding carboxylic acids is 2. The predicted octanol–water partition coefficient (Wildman–Crippen LogP) is 4.87. The fraction of sp³-hybridized carbons (Fsp3) is 0.148. The minimum atomic E-state index is -0.307. The van der Waals surface area contributed by atoms with E-state index in [4.69, 9.17) is 16.3 Å². The Kier molecular flexibility index (Phi) is 6.61. The zero-order valence-corrected chi connectivity index (χ0v) is 19.6. The minimum absolute atomic E-state index is 0.127. The monoisotopic (exact) mass is 486 g/mol. The van der Waals surface area contributed by atoms with Gasteiger partial charge in [0.25, 0.3) is 11.8 Å². The van der Waals surface area contributed by atoms with Gasteiger partial charge in [0.1, 0.15) is 5.82 Å². The van der Waals surface area contributed by atoms with Crippen LogP contribution in [0.25, 0.3) is 22.7 Å². The highest BCUT2D eigenvalue weighted by molar-refractivity contribution is 6.34. The van der Waals surface area contributed by atoms with Gasteiger partial charge in [0.2, 0.25) is 0 Å². The number of aromatic nitrogens is 2. The first kappa shape index (κ1) is 22.8. The summed E-state index contributed by atoms with van der Waals surface area (Å²) in [5, 5.41) is 3.26. The van der Waals surface area contributed by atoms with Gasteiger partial charge in [-0.15, -0.1) is 0 Å². The zero-order valence-electron chi connectivity index (χ0n) is 18.8. The van der Waals surface area contributed by atoms with E-state index in [0.717, 1.165) is 16.6 Å². The quantitative estimate of drug-likeness (QED) is 0.394. The molecule has 0 unspecified atom stereocenters. The van der Waals surface area contributed by atoms with Crippen LogP contribution in [-0.4, -0.2) is 53.0 Å². The lowest BCUT2D eigenvalue weighted by atomic mass is 10.1. The molecule has 1 fully saturated rings. The van der Waals surface area contributed by atoms with Crippen molar-refractivity contribution >= 4 is 51.8 Å². The second-order valence-electron chi connectivity index (χ2n) is 8.12. The largest absolute Gasteiger partial charge is 0.378 e. The van der Waals surface area contributed by atoms with Crippen LogP contribution < -0.4 is 5.32 Å². The van der Waals surface area contributed by atoms with Crippen LogP contribution in [0.3, 0.4) is 0 Å². The minimum Gasteiger partial charge on any atom is -0.378 e. The molecule has 0 aliphatic carbocycles. The maximum absolute atomic E-state index is 13.5. The lowest BCUT2D eigenvalue weighted by molar-refractivity contribution is -0.128. The van der Waals surface area contributed by atoms with E-state index in [2.05, 4.69) is 15.3 Å². The summed E-state index contributed by atoms with van der Waals surface area (Å²) in [6, 6.07) is 21.8. The number of nitrogens with zero attached hydrogens (tertiary/aromatic N) is 2. The molecule has 35 heavy (non-hydrogen) atoms. The molecule has 0 spiro atoms. The molecule has 4 aromatic rings. The molecule has 0 bridgehead atoms. The van der Waals surface area contributed by atoms with Crippen molar-refractivity contribution in [2.24, 2.45) is 0 Å². The Labute approximate surface area is 207 Å². The summed E-state index contributed by atoms with van der Waals surface area (Å²) in [4.78, 5) is 35.9. The van der Waals surface area contributed by atoms with Crippen LogP contribution in [-0.2, 0) is 9.53 Å². The summed E-state index contributed by atoms with van der Waals surface area (Å²) in [6.07, 6.45) is 1.79. The number of halogens is 1. The molecule has 5 rings (SSSR count). The summed E-state index contributed by atoms with van der Waals surface area (Å²) in [5.41, 5.74) is 3.80. The van der Waals surface area contributed by atoms with E-state index in [1.54, 1.807) is 41.3 Å². The Balaban J connectivity index is 1.49. The van der Waals surface area contributed by atoms with Crippen molar-refractivity contribution < 1.29 is 14.3 Å². The summed E-state index contributed by atoms with van der Waals surface area (Å²) >= 11 is 6.16. The highest BCUT2D eigenvalue weighted by Crippen LogP contribution is 2.24. The number of hydrogen-bond acceptors (Lipinski definition) is 4. The number of rotatable bonds is 5. The molecule has 8 heteroatoms. The number of amides is 2.